The number of thioether (sulfide) groups is 1. The van der Waals surface area contributed by atoms with Crippen molar-refractivity contribution in [1.29, 1.82) is 0 Å². The number of hydrogen-bond acceptors (Lipinski definition) is 5. The fourth-order valence-corrected chi connectivity index (χ4v) is 3.93. The van der Waals surface area contributed by atoms with E-state index >= 15 is 0 Å². The number of nitrogens with one attached hydrogen (secondary N) is 2. The van der Waals surface area contributed by atoms with Gasteiger partial charge in [0, 0.05) is 11.3 Å². The Morgan fingerprint density at radius 2 is 1.53 bits per heavy atom. The molecule has 0 aliphatic carbocycles. The van der Waals surface area contributed by atoms with Crippen LogP contribution in [0.1, 0.15) is 21.5 Å². The molecule has 4 aromatic rings. The van der Waals surface area contributed by atoms with E-state index in [1.54, 1.807) is 34.9 Å². The monoisotopic (exact) mass is 475 g/mol. The molecule has 2 N–H and O–H groups in total. The summed E-state index contributed by atoms with van der Waals surface area (Å²) in [5, 5.41) is 8.81. The van der Waals surface area contributed by atoms with E-state index in [1.165, 1.54) is 6.07 Å². The van der Waals surface area contributed by atoms with Gasteiger partial charge in [0.15, 0.2) is 11.0 Å². The van der Waals surface area contributed by atoms with Gasteiger partial charge in [-0.2, -0.15) is 0 Å². The summed E-state index contributed by atoms with van der Waals surface area (Å²) >= 11 is 1.13. The normalized spacial score (nSPS) is 10.7. The number of aromatic nitrogens is 3. The minimum absolute atomic E-state index is 0.0323. The van der Waals surface area contributed by atoms with Gasteiger partial charge in [0.25, 0.3) is 5.91 Å². The first-order valence-electron chi connectivity index (χ1n) is 10.5. The lowest BCUT2D eigenvalue weighted by Gasteiger charge is -2.11. The Balaban J connectivity index is 1.50. The van der Waals surface area contributed by atoms with Crippen molar-refractivity contribution in [2.75, 3.05) is 5.75 Å². The van der Waals surface area contributed by atoms with Crippen LogP contribution in [-0.2, 0) is 4.79 Å². The Kier molecular flexibility index (Phi) is 7.03. The average Bonchev–Trinajstić information content (AvgIpc) is 3.26. The predicted molar refractivity (Wildman–Crippen MR) is 129 cm³/mol. The molecule has 0 saturated heterocycles. The van der Waals surface area contributed by atoms with Crippen molar-refractivity contribution < 1.29 is 14.0 Å². The Morgan fingerprint density at radius 3 is 2.21 bits per heavy atom. The summed E-state index contributed by atoms with van der Waals surface area (Å²) in [6.45, 7) is 3.90. The number of halogens is 1. The maximum Gasteiger partial charge on any atom is 0.269 e. The van der Waals surface area contributed by atoms with Crippen molar-refractivity contribution in [2.45, 2.75) is 19.0 Å². The number of aryl methyl sites for hydroxylation is 2. The molecule has 9 heteroatoms. The van der Waals surface area contributed by atoms with Crippen LogP contribution in [0.25, 0.3) is 17.1 Å². The zero-order chi connectivity index (χ0) is 24.1. The maximum absolute atomic E-state index is 14.5. The molecule has 2 amide bonds. The van der Waals surface area contributed by atoms with Crippen LogP contribution in [0.15, 0.2) is 78.0 Å². The summed E-state index contributed by atoms with van der Waals surface area (Å²) in [5.41, 5.74) is 8.39. The topological polar surface area (TPSA) is 88.9 Å². The summed E-state index contributed by atoms with van der Waals surface area (Å²) in [6, 6.07) is 21.0. The Labute approximate surface area is 200 Å². The molecule has 0 fully saturated rings. The van der Waals surface area contributed by atoms with E-state index in [1.807, 2.05) is 50.2 Å². The Bertz CT molecular complexity index is 1320. The molecule has 34 heavy (non-hydrogen) atoms. The predicted octanol–water partition coefficient (Wildman–Crippen LogP) is 4.24. The molecular formula is C25H22FN5O2S. The van der Waals surface area contributed by atoms with Crippen LogP contribution >= 0.6 is 11.8 Å². The lowest BCUT2D eigenvalue weighted by molar-refractivity contribution is -0.119. The second kappa shape index (κ2) is 10.3. The molecule has 0 aliphatic heterocycles. The molecular weight excluding hydrogens is 453 g/mol. The average molecular weight is 476 g/mol. The zero-order valence-electron chi connectivity index (χ0n) is 18.6. The highest BCUT2D eigenvalue weighted by molar-refractivity contribution is 7.99. The van der Waals surface area contributed by atoms with Gasteiger partial charge in [-0.15, -0.1) is 10.2 Å². The lowest BCUT2D eigenvalue weighted by atomic mass is 10.1. The first-order valence-corrected chi connectivity index (χ1v) is 11.5. The summed E-state index contributed by atoms with van der Waals surface area (Å²) in [6.07, 6.45) is 0. The van der Waals surface area contributed by atoms with Crippen LogP contribution in [0.2, 0.25) is 0 Å². The highest BCUT2D eigenvalue weighted by Gasteiger charge is 2.19. The largest absolute Gasteiger partial charge is 0.272 e. The minimum Gasteiger partial charge on any atom is -0.272 e. The molecule has 4 rings (SSSR count). The van der Waals surface area contributed by atoms with Gasteiger partial charge in [0.05, 0.1) is 11.3 Å². The van der Waals surface area contributed by atoms with Gasteiger partial charge in [-0.1, -0.05) is 59.3 Å². The minimum atomic E-state index is -0.420. The van der Waals surface area contributed by atoms with E-state index in [0.717, 1.165) is 28.6 Å². The van der Waals surface area contributed by atoms with E-state index in [4.69, 9.17) is 0 Å². The third-order valence-electron chi connectivity index (χ3n) is 5.00. The quantitative estimate of drug-likeness (QED) is 0.322. The smallest absolute Gasteiger partial charge is 0.269 e. The van der Waals surface area contributed by atoms with Gasteiger partial charge >= 0.3 is 0 Å². The number of amides is 2. The van der Waals surface area contributed by atoms with E-state index < -0.39 is 17.6 Å². The van der Waals surface area contributed by atoms with Crippen molar-refractivity contribution in [3.8, 4) is 17.1 Å². The van der Waals surface area contributed by atoms with Crippen LogP contribution in [0, 0.1) is 19.7 Å². The number of nitrogens with zero attached hydrogens (tertiary/aromatic N) is 3. The van der Waals surface area contributed by atoms with Crippen LogP contribution in [-0.4, -0.2) is 32.3 Å². The van der Waals surface area contributed by atoms with Gasteiger partial charge < -0.3 is 0 Å². The van der Waals surface area contributed by atoms with Crippen LogP contribution in [0.5, 0.6) is 0 Å². The molecule has 0 bridgehead atoms. The fourth-order valence-electron chi connectivity index (χ4n) is 3.18. The summed E-state index contributed by atoms with van der Waals surface area (Å²) in [7, 11) is 0. The highest BCUT2D eigenvalue weighted by atomic mass is 32.2. The first kappa shape index (κ1) is 23.2. The number of rotatable bonds is 6. The van der Waals surface area contributed by atoms with Gasteiger partial charge in [0.2, 0.25) is 5.91 Å². The number of hydrazine groups is 1. The molecule has 1 heterocycles. The molecule has 0 aliphatic rings. The maximum atomic E-state index is 14.5. The standard InChI is InChI=1S/C25H22FN5O2S/c1-16-7-11-18(12-8-16)24(33)29-27-22(32)15-34-25-30-28-23(20-5-3-4-6-21(20)26)31(25)19-13-9-17(2)10-14-19/h3-14H,15H2,1-2H3,(H,27,32)(H,29,33). The summed E-state index contributed by atoms with van der Waals surface area (Å²) in [4.78, 5) is 24.6. The van der Waals surface area contributed by atoms with Gasteiger partial charge in [0.1, 0.15) is 5.82 Å². The zero-order valence-corrected chi connectivity index (χ0v) is 19.4. The molecule has 0 atom stereocenters. The second-order valence-electron chi connectivity index (χ2n) is 7.61. The van der Waals surface area contributed by atoms with Crippen molar-refractivity contribution in [1.82, 2.24) is 25.6 Å². The van der Waals surface area contributed by atoms with Crippen LogP contribution in [0.3, 0.4) is 0 Å². The molecule has 1 aromatic heterocycles. The van der Waals surface area contributed by atoms with Crippen molar-refractivity contribution in [2.24, 2.45) is 0 Å². The molecule has 3 aromatic carbocycles. The van der Waals surface area contributed by atoms with Crippen LogP contribution in [0.4, 0.5) is 4.39 Å². The second-order valence-corrected chi connectivity index (χ2v) is 8.56. The summed E-state index contributed by atoms with van der Waals surface area (Å²) in [5.74, 6) is -0.955. The summed E-state index contributed by atoms with van der Waals surface area (Å²) < 4.78 is 16.2. The third kappa shape index (κ3) is 5.32. The Hall–Kier alpha value is -3.98. The third-order valence-corrected chi connectivity index (χ3v) is 5.93. The number of benzene rings is 3. The molecule has 0 unspecified atom stereocenters. The SMILES string of the molecule is Cc1ccc(C(=O)NNC(=O)CSc2nnc(-c3ccccc3F)n2-c2ccc(C)cc2)cc1. The fraction of sp³-hybridized carbons (Fsp3) is 0.120. The molecule has 0 saturated carbocycles. The molecule has 172 valence electrons. The van der Waals surface area contributed by atoms with Gasteiger partial charge in [-0.3, -0.25) is 25.0 Å². The van der Waals surface area contributed by atoms with E-state index in [9.17, 15) is 14.0 Å². The van der Waals surface area contributed by atoms with Gasteiger partial charge in [-0.05, 0) is 50.2 Å². The highest BCUT2D eigenvalue weighted by Crippen LogP contribution is 2.29. The van der Waals surface area contributed by atoms with Gasteiger partial charge in [-0.25, -0.2) is 4.39 Å². The van der Waals surface area contributed by atoms with Crippen molar-refractivity contribution >= 4 is 23.6 Å². The first-order chi connectivity index (χ1) is 16.4. The van der Waals surface area contributed by atoms with E-state index in [-0.39, 0.29) is 5.75 Å². The molecule has 0 radical (unpaired) electrons. The number of hydrogen-bond donors (Lipinski definition) is 2. The van der Waals surface area contributed by atoms with Crippen molar-refractivity contribution in [3.63, 3.8) is 0 Å². The van der Waals surface area contributed by atoms with E-state index in [2.05, 4.69) is 21.0 Å². The van der Waals surface area contributed by atoms with E-state index in [0.29, 0.717) is 22.1 Å². The Morgan fingerprint density at radius 1 is 0.882 bits per heavy atom. The number of carbonyl (C=O) groups excluding carboxylic acids is 2. The molecule has 7 nitrogen and oxygen atoms in total. The van der Waals surface area contributed by atoms with Crippen LogP contribution < -0.4 is 10.9 Å². The number of carbonyl (C=O) groups is 2. The lowest BCUT2D eigenvalue weighted by Crippen LogP contribution is -2.42. The molecule has 0 spiro atoms. The van der Waals surface area contributed by atoms with Crippen molar-refractivity contribution in [3.05, 3.63) is 95.3 Å².